The molecule has 1 aliphatic rings. The van der Waals surface area contributed by atoms with Gasteiger partial charge in [0.05, 0.1) is 17.1 Å². The van der Waals surface area contributed by atoms with E-state index in [1.54, 1.807) is 0 Å². The number of Topliss-reactive ketones (excluding diaryl/α,β-unsaturated/α-hetero) is 1. The molecule has 19 heavy (non-hydrogen) atoms. The molecule has 7 heteroatoms. The van der Waals surface area contributed by atoms with E-state index >= 15 is 0 Å². The maximum absolute atomic E-state index is 13.4. The maximum Gasteiger partial charge on any atom is 0.169 e. The third-order valence-electron chi connectivity index (χ3n) is 2.98. The number of nitrogens with one attached hydrogen (secondary N) is 1. The van der Waals surface area contributed by atoms with Gasteiger partial charge in [0.1, 0.15) is 0 Å². The highest BCUT2D eigenvalue weighted by molar-refractivity contribution is 7.91. The summed E-state index contributed by atoms with van der Waals surface area (Å²) < 4.78 is 49.3. The van der Waals surface area contributed by atoms with Gasteiger partial charge in [0, 0.05) is 19.0 Å². The Hall–Kier alpha value is -1.34. The SMILES string of the molecule is O=C(CC1CS(=O)(=O)CCN1)c1cccc(F)c1F. The van der Waals surface area contributed by atoms with Crippen LogP contribution in [0.4, 0.5) is 8.78 Å². The third-order valence-corrected chi connectivity index (χ3v) is 4.72. The predicted octanol–water partition coefficient (Wildman–Crippen LogP) is 0.924. The van der Waals surface area contributed by atoms with E-state index in [-0.39, 0.29) is 30.0 Å². The van der Waals surface area contributed by atoms with Crippen LogP contribution in [0, 0.1) is 11.6 Å². The molecule has 0 aromatic heterocycles. The molecule has 0 aliphatic carbocycles. The Kier molecular flexibility index (Phi) is 3.96. The van der Waals surface area contributed by atoms with Crippen LogP contribution in [0.3, 0.4) is 0 Å². The van der Waals surface area contributed by atoms with Crippen LogP contribution in [0.25, 0.3) is 0 Å². The van der Waals surface area contributed by atoms with E-state index in [9.17, 15) is 22.0 Å². The van der Waals surface area contributed by atoms with Crippen LogP contribution >= 0.6 is 0 Å². The van der Waals surface area contributed by atoms with Crippen molar-refractivity contribution >= 4 is 15.6 Å². The lowest BCUT2D eigenvalue weighted by Gasteiger charge is -2.23. The molecule has 1 aromatic carbocycles. The molecule has 1 fully saturated rings. The Labute approximate surface area is 109 Å². The fourth-order valence-corrected chi connectivity index (χ4v) is 3.50. The minimum Gasteiger partial charge on any atom is -0.312 e. The molecule has 0 amide bonds. The first-order valence-electron chi connectivity index (χ1n) is 5.80. The molecule has 1 saturated heterocycles. The molecule has 1 atom stereocenters. The van der Waals surface area contributed by atoms with Gasteiger partial charge in [-0.15, -0.1) is 0 Å². The minimum absolute atomic E-state index is 0.0337. The van der Waals surface area contributed by atoms with Crippen LogP contribution in [0.1, 0.15) is 16.8 Å². The van der Waals surface area contributed by atoms with Crippen LogP contribution in [-0.4, -0.2) is 38.3 Å². The van der Waals surface area contributed by atoms with Gasteiger partial charge in [-0.1, -0.05) is 6.07 Å². The number of carbonyl (C=O) groups excluding carboxylic acids is 1. The number of carbonyl (C=O) groups is 1. The van der Waals surface area contributed by atoms with E-state index in [0.29, 0.717) is 0 Å². The second-order valence-electron chi connectivity index (χ2n) is 4.49. The van der Waals surface area contributed by atoms with E-state index in [1.807, 2.05) is 0 Å². The molecular formula is C12H13F2NO3S. The Balaban J connectivity index is 2.11. The lowest BCUT2D eigenvalue weighted by molar-refractivity contribution is 0.0967. The fourth-order valence-electron chi connectivity index (χ4n) is 2.05. The summed E-state index contributed by atoms with van der Waals surface area (Å²) in [4.78, 5) is 11.9. The highest BCUT2D eigenvalue weighted by Crippen LogP contribution is 2.15. The maximum atomic E-state index is 13.4. The van der Waals surface area contributed by atoms with Gasteiger partial charge in [0.25, 0.3) is 0 Å². The van der Waals surface area contributed by atoms with Gasteiger partial charge in [-0.25, -0.2) is 17.2 Å². The van der Waals surface area contributed by atoms with Crippen LogP contribution in [0.2, 0.25) is 0 Å². The lowest BCUT2D eigenvalue weighted by Crippen LogP contribution is -2.46. The number of benzene rings is 1. The molecule has 1 aromatic rings. The summed E-state index contributed by atoms with van der Waals surface area (Å²) in [5.41, 5.74) is -0.343. The van der Waals surface area contributed by atoms with Gasteiger partial charge in [-0.05, 0) is 12.1 Å². The number of sulfone groups is 1. The Morgan fingerprint density at radius 3 is 2.79 bits per heavy atom. The van der Waals surface area contributed by atoms with Crippen molar-refractivity contribution in [2.75, 3.05) is 18.1 Å². The van der Waals surface area contributed by atoms with E-state index in [2.05, 4.69) is 5.32 Å². The lowest BCUT2D eigenvalue weighted by atomic mass is 10.0. The molecule has 1 N–H and O–H groups in total. The summed E-state index contributed by atoms with van der Waals surface area (Å²) in [5, 5.41) is 2.89. The first kappa shape index (κ1) is 14.1. The van der Waals surface area contributed by atoms with Crippen molar-refractivity contribution in [2.24, 2.45) is 0 Å². The predicted molar refractivity (Wildman–Crippen MR) is 65.8 cm³/mol. The van der Waals surface area contributed by atoms with Crippen molar-refractivity contribution in [1.29, 1.82) is 0 Å². The molecule has 0 bridgehead atoms. The van der Waals surface area contributed by atoms with Crippen LogP contribution in [0.15, 0.2) is 18.2 Å². The van der Waals surface area contributed by atoms with Gasteiger partial charge in [0.15, 0.2) is 27.3 Å². The minimum atomic E-state index is -3.16. The highest BCUT2D eigenvalue weighted by atomic mass is 32.2. The van der Waals surface area contributed by atoms with Crippen molar-refractivity contribution in [1.82, 2.24) is 5.32 Å². The van der Waals surface area contributed by atoms with Crippen molar-refractivity contribution < 1.29 is 22.0 Å². The second kappa shape index (κ2) is 5.34. The molecule has 0 spiro atoms. The summed E-state index contributed by atoms with van der Waals surface area (Å²) >= 11 is 0. The molecule has 4 nitrogen and oxygen atoms in total. The van der Waals surface area contributed by atoms with Gasteiger partial charge in [-0.2, -0.15) is 0 Å². The summed E-state index contributed by atoms with van der Waals surface area (Å²) in [7, 11) is -3.16. The molecule has 0 radical (unpaired) electrons. The van der Waals surface area contributed by atoms with Crippen LogP contribution in [-0.2, 0) is 9.84 Å². The molecule has 2 rings (SSSR count). The number of hydrogen-bond donors (Lipinski definition) is 1. The van der Waals surface area contributed by atoms with Crippen molar-refractivity contribution in [3.05, 3.63) is 35.4 Å². The van der Waals surface area contributed by atoms with Crippen molar-refractivity contribution in [3.63, 3.8) is 0 Å². The summed E-state index contributed by atoms with van der Waals surface area (Å²) in [6.07, 6.45) is -0.167. The first-order valence-corrected chi connectivity index (χ1v) is 7.62. The normalized spacial score (nSPS) is 22.1. The average Bonchev–Trinajstić information content (AvgIpc) is 2.31. The van der Waals surface area contributed by atoms with Gasteiger partial charge < -0.3 is 5.32 Å². The zero-order valence-electron chi connectivity index (χ0n) is 10.0. The number of rotatable bonds is 3. The Morgan fingerprint density at radius 2 is 2.11 bits per heavy atom. The smallest absolute Gasteiger partial charge is 0.169 e. The van der Waals surface area contributed by atoms with Crippen LogP contribution < -0.4 is 5.32 Å². The zero-order valence-corrected chi connectivity index (χ0v) is 10.8. The molecular weight excluding hydrogens is 276 g/mol. The van der Waals surface area contributed by atoms with Crippen molar-refractivity contribution in [3.8, 4) is 0 Å². The fraction of sp³-hybridized carbons (Fsp3) is 0.417. The summed E-state index contributed by atoms with van der Waals surface area (Å²) in [6, 6.07) is 2.82. The van der Waals surface area contributed by atoms with Crippen LogP contribution in [0.5, 0.6) is 0 Å². The average molecular weight is 289 g/mol. The first-order chi connectivity index (χ1) is 8.89. The topological polar surface area (TPSA) is 63.2 Å². The number of halogens is 2. The van der Waals surface area contributed by atoms with Gasteiger partial charge in [-0.3, -0.25) is 4.79 Å². The number of ketones is 1. The highest BCUT2D eigenvalue weighted by Gasteiger charge is 2.27. The largest absolute Gasteiger partial charge is 0.312 e. The van der Waals surface area contributed by atoms with Gasteiger partial charge >= 0.3 is 0 Å². The Morgan fingerprint density at radius 1 is 1.37 bits per heavy atom. The summed E-state index contributed by atoms with van der Waals surface area (Å²) in [6.45, 7) is 0.270. The molecule has 104 valence electrons. The zero-order chi connectivity index (χ0) is 14.0. The quantitative estimate of drug-likeness (QED) is 0.841. The Bertz CT molecular complexity index is 601. The molecule has 1 unspecified atom stereocenters. The third kappa shape index (κ3) is 3.36. The monoisotopic (exact) mass is 289 g/mol. The number of hydrogen-bond acceptors (Lipinski definition) is 4. The molecule has 1 aliphatic heterocycles. The van der Waals surface area contributed by atoms with E-state index in [1.165, 1.54) is 12.1 Å². The van der Waals surface area contributed by atoms with E-state index in [0.717, 1.165) is 6.07 Å². The molecule has 0 saturated carbocycles. The second-order valence-corrected chi connectivity index (χ2v) is 6.72. The summed E-state index contributed by atoms with van der Waals surface area (Å²) in [5.74, 6) is -3.00. The van der Waals surface area contributed by atoms with E-state index in [4.69, 9.17) is 0 Å². The van der Waals surface area contributed by atoms with Gasteiger partial charge in [0.2, 0.25) is 0 Å². The standard InChI is InChI=1S/C12H13F2NO3S/c13-10-3-1-2-9(12(10)14)11(16)6-8-7-19(17,18)5-4-15-8/h1-3,8,15H,4-7H2. The van der Waals surface area contributed by atoms with E-state index < -0.39 is 33.3 Å². The molecule has 1 heterocycles. The van der Waals surface area contributed by atoms with Crippen molar-refractivity contribution in [2.45, 2.75) is 12.5 Å².